The molecule has 1 heterocycles. The zero-order chi connectivity index (χ0) is 13.9. The molecule has 0 atom stereocenters. The molecule has 0 aliphatic carbocycles. The molecule has 0 unspecified atom stereocenters. The molecule has 5 heteroatoms. The Morgan fingerprint density at radius 2 is 1.95 bits per heavy atom. The van der Waals surface area contributed by atoms with Crippen LogP contribution in [0.5, 0.6) is 0 Å². The Morgan fingerprint density at radius 1 is 1.26 bits per heavy atom. The molecule has 102 valence electrons. The molecule has 0 N–H and O–H groups in total. The Bertz CT molecular complexity index is 550. The molecule has 2 aromatic rings. The molecule has 0 bridgehead atoms. The van der Waals surface area contributed by atoms with Crippen LogP contribution in [0.2, 0.25) is 0 Å². The van der Waals surface area contributed by atoms with Crippen molar-refractivity contribution in [3.63, 3.8) is 0 Å². The fourth-order valence-corrected chi connectivity index (χ4v) is 3.68. The van der Waals surface area contributed by atoms with Gasteiger partial charge in [0.05, 0.1) is 6.20 Å². The van der Waals surface area contributed by atoms with Gasteiger partial charge in [0.25, 0.3) is 0 Å². The lowest BCUT2D eigenvalue weighted by atomic mass is 9.79. The molecule has 0 saturated carbocycles. The van der Waals surface area contributed by atoms with Crippen LogP contribution in [0.15, 0.2) is 41.1 Å². The molecule has 0 spiro atoms. The predicted molar refractivity (Wildman–Crippen MR) is 84.2 cm³/mol. The molecule has 0 aliphatic rings. The van der Waals surface area contributed by atoms with Crippen LogP contribution in [-0.2, 0) is 18.9 Å². The highest BCUT2D eigenvalue weighted by Gasteiger charge is 2.33. The normalized spacial score (nSPS) is 11.8. The van der Waals surface area contributed by atoms with E-state index in [1.165, 1.54) is 0 Å². The summed E-state index contributed by atoms with van der Waals surface area (Å²) in [6.45, 7) is 0. The Balaban J connectivity index is 2.40. The third kappa shape index (κ3) is 3.15. The van der Waals surface area contributed by atoms with Crippen molar-refractivity contribution in [2.24, 2.45) is 7.05 Å². The second kappa shape index (κ2) is 6.29. The average molecular weight is 362 g/mol. The monoisotopic (exact) mass is 360 g/mol. The fourth-order valence-electron chi connectivity index (χ4n) is 2.21. The summed E-state index contributed by atoms with van der Waals surface area (Å²) >= 11 is 16.1. The summed E-state index contributed by atoms with van der Waals surface area (Å²) in [4.78, 5) is 0. The zero-order valence-corrected chi connectivity index (χ0v) is 13.7. The molecule has 19 heavy (non-hydrogen) atoms. The zero-order valence-electron chi connectivity index (χ0n) is 10.6. The van der Waals surface area contributed by atoms with Crippen LogP contribution < -0.4 is 0 Å². The molecular weight excluding hydrogens is 347 g/mol. The largest absolute Gasteiger partial charge is 0.276 e. The third-order valence-electron chi connectivity index (χ3n) is 3.26. The highest BCUT2D eigenvalue weighted by Crippen LogP contribution is 2.36. The molecule has 2 rings (SSSR count). The SMILES string of the molecule is Cn1cc(CC(CCl)(CCl)c2ccccc2Br)cn1. The number of nitrogens with zero attached hydrogens (tertiary/aromatic N) is 2. The van der Waals surface area contributed by atoms with Crippen molar-refractivity contribution in [2.45, 2.75) is 11.8 Å². The van der Waals surface area contributed by atoms with E-state index < -0.39 is 0 Å². The topological polar surface area (TPSA) is 17.8 Å². The Kier molecular flexibility index (Phi) is 4.93. The first-order chi connectivity index (χ1) is 9.11. The van der Waals surface area contributed by atoms with Crippen molar-refractivity contribution < 1.29 is 0 Å². The van der Waals surface area contributed by atoms with Crippen LogP contribution in [0.25, 0.3) is 0 Å². The van der Waals surface area contributed by atoms with Gasteiger partial charge < -0.3 is 0 Å². The standard InChI is InChI=1S/C14H15BrCl2N2/c1-19-8-11(7-18-19)6-14(9-16,10-17)12-4-2-3-5-13(12)15/h2-5,7-8H,6,9-10H2,1H3. The van der Waals surface area contributed by atoms with Gasteiger partial charge in [-0.15, -0.1) is 23.2 Å². The first-order valence-electron chi connectivity index (χ1n) is 5.96. The minimum absolute atomic E-state index is 0.285. The summed E-state index contributed by atoms with van der Waals surface area (Å²) in [7, 11) is 1.91. The van der Waals surface area contributed by atoms with Gasteiger partial charge in [-0.1, -0.05) is 34.1 Å². The van der Waals surface area contributed by atoms with E-state index in [-0.39, 0.29) is 5.41 Å². The number of hydrogen-bond acceptors (Lipinski definition) is 1. The Hall–Kier alpha value is -0.510. The van der Waals surface area contributed by atoms with Crippen LogP contribution in [0.4, 0.5) is 0 Å². The van der Waals surface area contributed by atoms with Gasteiger partial charge in [-0.3, -0.25) is 4.68 Å². The van der Waals surface area contributed by atoms with E-state index >= 15 is 0 Å². The Labute approximate surface area is 131 Å². The van der Waals surface area contributed by atoms with Crippen LogP contribution >= 0.6 is 39.1 Å². The van der Waals surface area contributed by atoms with E-state index in [2.05, 4.69) is 27.1 Å². The molecule has 0 radical (unpaired) electrons. The van der Waals surface area contributed by atoms with Crippen molar-refractivity contribution >= 4 is 39.1 Å². The summed E-state index contributed by atoms with van der Waals surface area (Å²) in [5.41, 5.74) is 2.00. The second-order valence-corrected chi connectivity index (χ2v) is 6.12. The lowest BCUT2D eigenvalue weighted by Gasteiger charge is -2.30. The van der Waals surface area contributed by atoms with E-state index in [4.69, 9.17) is 23.2 Å². The first-order valence-corrected chi connectivity index (χ1v) is 7.82. The van der Waals surface area contributed by atoms with Gasteiger partial charge in [-0.05, 0) is 23.6 Å². The van der Waals surface area contributed by atoms with E-state index in [1.807, 2.05) is 37.6 Å². The number of rotatable bonds is 5. The number of benzene rings is 1. The number of halogens is 3. The number of hydrogen-bond donors (Lipinski definition) is 0. The fraction of sp³-hybridized carbons (Fsp3) is 0.357. The quantitative estimate of drug-likeness (QED) is 0.732. The number of aryl methyl sites for hydroxylation is 1. The first kappa shape index (κ1) is 14.9. The smallest absolute Gasteiger partial charge is 0.0521 e. The average Bonchev–Trinajstić information content (AvgIpc) is 2.82. The maximum absolute atomic E-state index is 6.26. The maximum Gasteiger partial charge on any atom is 0.0521 e. The van der Waals surface area contributed by atoms with Gasteiger partial charge in [0.1, 0.15) is 0 Å². The van der Waals surface area contributed by atoms with E-state index in [0.29, 0.717) is 11.8 Å². The summed E-state index contributed by atoms with van der Waals surface area (Å²) in [5, 5.41) is 4.20. The Morgan fingerprint density at radius 3 is 2.47 bits per heavy atom. The van der Waals surface area contributed by atoms with Crippen molar-refractivity contribution in [1.29, 1.82) is 0 Å². The van der Waals surface area contributed by atoms with E-state index in [0.717, 1.165) is 22.0 Å². The third-order valence-corrected chi connectivity index (χ3v) is 4.97. The molecule has 2 nitrogen and oxygen atoms in total. The maximum atomic E-state index is 6.26. The highest BCUT2D eigenvalue weighted by atomic mass is 79.9. The number of aromatic nitrogens is 2. The van der Waals surface area contributed by atoms with Crippen molar-refractivity contribution in [3.05, 3.63) is 52.3 Å². The van der Waals surface area contributed by atoms with Crippen LogP contribution in [0, 0.1) is 0 Å². The lowest BCUT2D eigenvalue weighted by molar-refractivity contribution is 0.533. The highest BCUT2D eigenvalue weighted by molar-refractivity contribution is 9.10. The summed E-state index contributed by atoms with van der Waals surface area (Å²) in [6.07, 6.45) is 4.64. The number of alkyl halides is 2. The molecule has 1 aromatic carbocycles. The van der Waals surface area contributed by atoms with Crippen molar-refractivity contribution in [2.75, 3.05) is 11.8 Å². The summed E-state index contributed by atoms with van der Waals surface area (Å²) in [6, 6.07) is 8.10. The second-order valence-electron chi connectivity index (χ2n) is 4.73. The van der Waals surface area contributed by atoms with Crippen LogP contribution in [0.3, 0.4) is 0 Å². The summed E-state index contributed by atoms with van der Waals surface area (Å²) in [5.74, 6) is 0.933. The minimum Gasteiger partial charge on any atom is -0.276 e. The lowest BCUT2D eigenvalue weighted by Crippen LogP contribution is -2.33. The molecule has 0 aliphatic heterocycles. The van der Waals surface area contributed by atoms with Gasteiger partial charge in [-0.2, -0.15) is 5.10 Å². The molecule has 0 fully saturated rings. The van der Waals surface area contributed by atoms with E-state index in [1.54, 1.807) is 4.68 Å². The molecule has 0 amide bonds. The van der Waals surface area contributed by atoms with Crippen molar-refractivity contribution in [1.82, 2.24) is 9.78 Å². The van der Waals surface area contributed by atoms with Crippen LogP contribution in [0.1, 0.15) is 11.1 Å². The molecular formula is C14H15BrCl2N2. The minimum atomic E-state index is -0.285. The van der Waals surface area contributed by atoms with Gasteiger partial charge >= 0.3 is 0 Å². The van der Waals surface area contributed by atoms with Gasteiger partial charge in [0.15, 0.2) is 0 Å². The van der Waals surface area contributed by atoms with Gasteiger partial charge in [0, 0.05) is 34.9 Å². The van der Waals surface area contributed by atoms with Crippen molar-refractivity contribution in [3.8, 4) is 0 Å². The van der Waals surface area contributed by atoms with E-state index in [9.17, 15) is 0 Å². The van der Waals surface area contributed by atoms with Crippen LogP contribution in [-0.4, -0.2) is 21.5 Å². The molecule has 0 saturated heterocycles. The van der Waals surface area contributed by atoms with Gasteiger partial charge in [-0.25, -0.2) is 0 Å². The summed E-state index contributed by atoms with van der Waals surface area (Å²) < 4.78 is 2.84. The molecule has 1 aromatic heterocycles. The van der Waals surface area contributed by atoms with Gasteiger partial charge in [0.2, 0.25) is 0 Å². The predicted octanol–water partition coefficient (Wildman–Crippen LogP) is 4.14.